The highest BCUT2D eigenvalue weighted by molar-refractivity contribution is 6.33. The second-order valence-corrected chi connectivity index (χ2v) is 4.59. The van der Waals surface area contributed by atoms with Crippen molar-refractivity contribution >= 4 is 14.6 Å². The summed E-state index contributed by atoms with van der Waals surface area (Å²) in [6, 6.07) is 0. The molecule has 0 saturated heterocycles. The van der Waals surface area contributed by atoms with Gasteiger partial charge in [0.1, 0.15) is 14.6 Å². The summed E-state index contributed by atoms with van der Waals surface area (Å²) in [7, 11) is 2.51. The Balaban J connectivity index is 3.26. The molecule has 98 valence electrons. The second-order valence-electron chi connectivity index (χ2n) is 4.59. The molecule has 0 fully saturated rings. The molecule has 0 bridgehead atoms. The van der Waals surface area contributed by atoms with Crippen LogP contribution in [-0.4, -0.2) is 41.0 Å². The fraction of sp³-hybridized carbons (Fsp3) is 0.846. The molecule has 17 heavy (non-hydrogen) atoms. The highest BCUT2D eigenvalue weighted by atomic mass is 16.5. The summed E-state index contributed by atoms with van der Waals surface area (Å²) in [5.74, 6) is 0. The average molecular weight is 238 g/mol. The van der Waals surface area contributed by atoms with Crippen molar-refractivity contribution in [2.75, 3.05) is 26.4 Å². The maximum Gasteiger partial charge on any atom is 0.117 e. The van der Waals surface area contributed by atoms with Crippen LogP contribution in [0.5, 0.6) is 0 Å². The summed E-state index contributed by atoms with van der Waals surface area (Å²) >= 11 is 0. The van der Waals surface area contributed by atoms with E-state index >= 15 is 0 Å². The Bertz CT molecular complexity index is 184. The molecule has 0 rings (SSSR count). The fourth-order valence-electron chi connectivity index (χ4n) is 1.48. The molecule has 2 nitrogen and oxygen atoms in total. The summed E-state index contributed by atoms with van der Waals surface area (Å²) in [5.41, 5.74) is 1.27. The molecule has 0 atom stereocenters. The molecule has 4 heteroatoms. The molecule has 0 N–H and O–H groups in total. The van der Waals surface area contributed by atoms with Crippen molar-refractivity contribution < 1.29 is 9.47 Å². The fourth-order valence-corrected chi connectivity index (χ4v) is 1.48. The lowest BCUT2D eigenvalue weighted by Crippen LogP contribution is -2.01. The molecule has 0 aromatic rings. The van der Waals surface area contributed by atoms with Crippen LogP contribution in [0, 0.1) is 0 Å². The van der Waals surface area contributed by atoms with Gasteiger partial charge in [0, 0.05) is 13.2 Å². The first-order valence-corrected chi connectivity index (χ1v) is 7.12. The number of hydrogen-bond donors (Lipinski definition) is 0. The number of rotatable bonds is 12. The third kappa shape index (κ3) is 13.7. The zero-order chi connectivity index (χ0) is 12.8. The Hall–Kier alpha value is -0.210. The van der Waals surface area contributed by atoms with Crippen molar-refractivity contribution in [3.05, 3.63) is 11.6 Å². The molecule has 0 heterocycles. The van der Waals surface area contributed by atoms with E-state index in [1.165, 1.54) is 45.6 Å². The molecule has 0 amide bonds. The Morgan fingerprint density at radius 3 is 2.18 bits per heavy atom. The van der Waals surface area contributed by atoms with Crippen LogP contribution in [0.2, 0.25) is 26.3 Å². The third-order valence-corrected chi connectivity index (χ3v) is 2.66. The first-order chi connectivity index (χ1) is 8.31. The minimum atomic E-state index is 0.730. The van der Waals surface area contributed by atoms with Gasteiger partial charge in [0.15, 0.2) is 0 Å². The van der Waals surface area contributed by atoms with Gasteiger partial charge in [0.05, 0.1) is 13.2 Å². The highest BCUT2D eigenvalue weighted by Gasteiger charge is 1.92. The lowest BCUT2D eigenvalue weighted by atomic mass is 9.77. The molecule has 0 aromatic heterocycles. The molecule has 0 aliphatic rings. The molecule has 0 aromatic carbocycles. The van der Waals surface area contributed by atoms with Crippen molar-refractivity contribution in [1.82, 2.24) is 0 Å². The van der Waals surface area contributed by atoms with E-state index in [-0.39, 0.29) is 0 Å². The van der Waals surface area contributed by atoms with Crippen molar-refractivity contribution in [1.29, 1.82) is 0 Å². The Kier molecular flexibility index (Phi) is 13.7. The summed E-state index contributed by atoms with van der Waals surface area (Å²) in [4.78, 5) is 0. The zero-order valence-corrected chi connectivity index (χ0v) is 12.0. The van der Waals surface area contributed by atoms with Crippen molar-refractivity contribution in [2.45, 2.75) is 46.1 Å². The number of ether oxygens (including phenoxy) is 2. The predicted octanol–water partition coefficient (Wildman–Crippen LogP) is 2.55. The van der Waals surface area contributed by atoms with E-state index in [4.69, 9.17) is 9.47 Å². The predicted molar refractivity (Wildman–Crippen MR) is 80.3 cm³/mol. The van der Waals surface area contributed by atoms with Crippen LogP contribution in [0.25, 0.3) is 0 Å². The van der Waals surface area contributed by atoms with Gasteiger partial charge in [-0.05, 0) is 25.3 Å². The van der Waals surface area contributed by atoms with Gasteiger partial charge in [-0.3, -0.25) is 0 Å². The van der Waals surface area contributed by atoms with Crippen LogP contribution in [-0.2, 0) is 9.47 Å². The molecule has 0 unspecified atom stereocenters. The Morgan fingerprint density at radius 2 is 1.59 bits per heavy atom. The average Bonchev–Trinajstić information content (AvgIpc) is 2.33. The van der Waals surface area contributed by atoms with Gasteiger partial charge in [-0.1, -0.05) is 32.4 Å². The summed E-state index contributed by atoms with van der Waals surface area (Å²) in [5, 5.41) is 0. The van der Waals surface area contributed by atoms with Gasteiger partial charge in [-0.2, -0.15) is 0 Å². The van der Waals surface area contributed by atoms with Gasteiger partial charge in [0.25, 0.3) is 0 Å². The van der Waals surface area contributed by atoms with Crippen LogP contribution >= 0.6 is 0 Å². The topological polar surface area (TPSA) is 18.5 Å². The molecule has 0 aliphatic heterocycles. The van der Waals surface area contributed by atoms with Gasteiger partial charge in [-0.25, -0.2) is 0 Å². The minimum absolute atomic E-state index is 0.730. The molecular formula is C13H28B2O2. The van der Waals surface area contributed by atoms with Crippen molar-refractivity contribution in [2.24, 2.45) is 0 Å². The van der Waals surface area contributed by atoms with Crippen molar-refractivity contribution in [3.8, 4) is 0 Å². The van der Waals surface area contributed by atoms with E-state index in [0.717, 1.165) is 26.4 Å². The first-order valence-electron chi connectivity index (χ1n) is 7.12. The standard InChI is InChI=1S/C13H28B2O2/c1-13(12-17-10-5-8-15-3)6-11-16-9-4-7-14-2/h6,14-15H,4-5,7-12H2,1-3H3/b13-6-. The third-order valence-electron chi connectivity index (χ3n) is 2.66. The van der Waals surface area contributed by atoms with E-state index in [1.54, 1.807) is 0 Å². The van der Waals surface area contributed by atoms with Crippen LogP contribution in [0.15, 0.2) is 11.6 Å². The first kappa shape index (κ1) is 16.8. The van der Waals surface area contributed by atoms with Crippen molar-refractivity contribution in [3.63, 3.8) is 0 Å². The van der Waals surface area contributed by atoms with Gasteiger partial charge >= 0.3 is 0 Å². The van der Waals surface area contributed by atoms with Crippen LogP contribution < -0.4 is 0 Å². The number of hydrogen-bond acceptors (Lipinski definition) is 2. The largest absolute Gasteiger partial charge is 0.377 e. The summed E-state index contributed by atoms with van der Waals surface area (Å²) < 4.78 is 11.1. The monoisotopic (exact) mass is 238 g/mol. The quantitative estimate of drug-likeness (QED) is 0.295. The second kappa shape index (κ2) is 13.9. The summed E-state index contributed by atoms with van der Waals surface area (Å²) in [6.07, 6.45) is 7.02. The highest BCUT2D eigenvalue weighted by Crippen LogP contribution is 1.97. The molecule has 0 saturated carbocycles. The van der Waals surface area contributed by atoms with Crippen LogP contribution in [0.3, 0.4) is 0 Å². The molecule has 0 spiro atoms. The SMILES string of the molecule is CBCCCOC/C=C(/C)COCCCBC. The zero-order valence-electron chi connectivity index (χ0n) is 12.0. The molecule has 0 radical (unpaired) electrons. The lowest BCUT2D eigenvalue weighted by molar-refractivity contribution is 0.149. The maximum absolute atomic E-state index is 5.57. The Morgan fingerprint density at radius 1 is 1.00 bits per heavy atom. The van der Waals surface area contributed by atoms with Gasteiger partial charge < -0.3 is 9.47 Å². The molecule has 0 aliphatic carbocycles. The van der Waals surface area contributed by atoms with Crippen LogP contribution in [0.1, 0.15) is 19.8 Å². The van der Waals surface area contributed by atoms with E-state index < -0.39 is 0 Å². The maximum atomic E-state index is 5.57. The van der Waals surface area contributed by atoms with E-state index in [2.05, 4.69) is 26.6 Å². The van der Waals surface area contributed by atoms with Gasteiger partial charge in [0.2, 0.25) is 0 Å². The van der Waals surface area contributed by atoms with Crippen LogP contribution in [0.4, 0.5) is 0 Å². The normalized spacial score (nSPS) is 11.6. The molecular weight excluding hydrogens is 210 g/mol. The summed E-state index contributed by atoms with van der Waals surface area (Å²) in [6.45, 7) is 9.78. The van der Waals surface area contributed by atoms with E-state index in [0.29, 0.717) is 0 Å². The van der Waals surface area contributed by atoms with E-state index in [9.17, 15) is 0 Å². The van der Waals surface area contributed by atoms with Gasteiger partial charge in [-0.15, -0.1) is 0 Å². The minimum Gasteiger partial charge on any atom is -0.377 e. The Labute approximate surface area is 109 Å². The van der Waals surface area contributed by atoms with E-state index in [1.807, 2.05) is 0 Å². The lowest BCUT2D eigenvalue weighted by Gasteiger charge is -2.04. The smallest absolute Gasteiger partial charge is 0.117 e.